The van der Waals surface area contributed by atoms with E-state index in [4.69, 9.17) is 16.1 Å². The van der Waals surface area contributed by atoms with Gasteiger partial charge in [-0.3, -0.25) is 0 Å². The van der Waals surface area contributed by atoms with Gasteiger partial charge in [-0.2, -0.15) is 0 Å². The molecule has 0 saturated heterocycles. The van der Waals surface area contributed by atoms with Gasteiger partial charge in [-0.05, 0) is 34.1 Å². The second-order valence-corrected chi connectivity index (χ2v) is 4.74. The average molecular weight is 337 g/mol. The first kappa shape index (κ1) is 10.2. The number of nitrogens with zero attached hydrogens (tertiary/aromatic N) is 1. The van der Waals surface area contributed by atoms with Crippen LogP contribution in [0.1, 0.15) is 0 Å². The molecule has 1 aromatic heterocycles. The van der Waals surface area contributed by atoms with E-state index in [1.807, 2.05) is 18.2 Å². The molecule has 2 rings (SSSR count). The third-order valence-corrected chi connectivity index (χ3v) is 2.88. The highest BCUT2D eigenvalue weighted by Crippen LogP contribution is 2.31. The number of hydrogen-bond acceptors (Lipinski definition) is 2. The van der Waals surface area contributed by atoms with Gasteiger partial charge >= 0.3 is 0 Å². The number of halogens is 3. The Balaban J connectivity index is 2.55. The van der Waals surface area contributed by atoms with Crippen LogP contribution in [0.25, 0.3) is 11.3 Å². The standard InChI is InChI=1S/C9H4Br2ClNO/c10-5-1-2-7(12)6(3-5)8-4-9(11)14-13-8/h1-4H. The molecule has 1 heterocycles. The fraction of sp³-hybridized carbons (Fsp3) is 0. The van der Waals surface area contributed by atoms with Gasteiger partial charge in [0.1, 0.15) is 5.69 Å². The summed E-state index contributed by atoms with van der Waals surface area (Å²) in [7, 11) is 0. The van der Waals surface area contributed by atoms with Crippen molar-refractivity contribution in [3.63, 3.8) is 0 Å². The molecule has 0 spiro atoms. The van der Waals surface area contributed by atoms with Gasteiger partial charge in [0.05, 0.1) is 5.02 Å². The third-order valence-electron chi connectivity index (χ3n) is 1.69. The van der Waals surface area contributed by atoms with E-state index in [1.54, 1.807) is 6.07 Å². The van der Waals surface area contributed by atoms with E-state index in [2.05, 4.69) is 37.0 Å². The molecule has 0 radical (unpaired) electrons. The summed E-state index contributed by atoms with van der Waals surface area (Å²) in [4.78, 5) is 0. The highest BCUT2D eigenvalue weighted by Gasteiger charge is 2.08. The van der Waals surface area contributed by atoms with Crippen molar-refractivity contribution in [2.45, 2.75) is 0 Å². The van der Waals surface area contributed by atoms with Crippen molar-refractivity contribution in [2.75, 3.05) is 0 Å². The molecule has 2 aromatic rings. The lowest BCUT2D eigenvalue weighted by Gasteiger charge is -1.99. The van der Waals surface area contributed by atoms with Gasteiger partial charge in [0.2, 0.25) is 4.67 Å². The number of rotatable bonds is 1. The van der Waals surface area contributed by atoms with Crippen LogP contribution in [0, 0.1) is 0 Å². The minimum absolute atomic E-state index is 0.587. The third kappa shape index (κ3) is 2.02. The summed E-state index contributed by atoms with van der Waals surface area (Å²) >= 11 is 12.6. The van der Waals surface area contributed by atoms with Crippen LogP contribution in [-0.2, 0) is 0 Å². The summed E-state index contributed by atoms with van der Waals surface area (Å²) in [6.45, 7) is 0. The Bertz CT molecular complexity index is 470. The minimum atomic E-state index is 0.587. The lowest BCUT2D eigenvalue weighted by Crippen LogP contribution is -1.78. The summed E-state index contributed by atoms with van der Waals surface area (Å²) in [5.41, 5.74) is 1.55. The van der Waals surface area contributed by atoms with Crippen LogP contribution in [0.3, 0.4) is 0 Å². The Kier molecular flexibility index (Phi) is 2.95. The molecular formula is C9H4Br2ClNO. The fourth-order valence-corrected chi connectivity index (χ4v) is 1.94. The molecule has 0 unspecified atom stereocenters. The van der Waals surface area contributed by atoms with Crippen molar-refractivity contribution in [2.24, 2.45) is 0 Å². The van der Waals surface area contributed by atoms with Crippen LogP contribution in [0.2, 0.25) is 5.02 Å². The molecule has 0 fully saturated rings. The quantitative estimate of drug-likeness (QED) is 0.765. The van der Waals surface area contributed by atoms with Gasteiger partial charge in [-0.15, -0.1) is 0 Å². The molecule has 14 heavy (non-hydrogen) atoms. The maximum absolute atomic E-state index is 6.02. The monoisotopic (exact) mass is 335 g/mol. The molecular weight excluding hydrogens is 333 g/mol. The summed E-state index contributed by atoms with van der Waals surface area (Å²) in [6.07, 6.45) is 0. The Morgan fingerprint density at radius 1 is 1.21 bits per heavy atom. The first-order valence-corrected chi connectivity index (χ1v) is 5.71. The summed E-state index contributed by atoms with van der Waals surface area (Å²) in [5, 5.41) is 4.51. The van der Waals surface area contributed by atoms with E-state index in [0.717, 1.165) is 10.0 Å². The minimum Gasteiger partial charge on any atom is -0.349 e. The largest absolute Gasteiger partial charge is 0.349 e. The average Bonchev–Trinajstić information content (AvgIpc) is 2.56. The molecule has 72 valence electrons. The molecule has 0 bridgehead atoms. The van der Waals surface area contributed by atoms with Crippen molar-refractivity contribution in [3.05, 3.63) is 38.4 Å². The first-order chi connectivity index (χ1) is 6.66. The van der Waals surface area contributed by atoms with E-state index in [-0.39, 0.29) is 0 Å². The van der Waals surface area contributed by atoms with Crippen molar-refractivity contribution in [1.82, 2.24) is 5.16 Å². The number of benzene rings is 1. The van der Waals surface area contributed by atoms with Gasteiger partial charge in [-0.25, -0.2) is 0 Å². The van der Waals surface area contributed by atoms with Crippen LogP contribution < -0.4 is 0 Å². The van der Waals surface area contributed by atoms with E-state index in [0.29, 0.717) is 15.4 Å². The van der Waals surface area contributed by atoms with Gasteiger partial charge < -0.3 is 4.52 Å². The van der Waals surface area contributed by atoms with Crippen LogP contribution in [0.5, 0.6) is 0 Å². The van der Waals surface area contributed by atoms with Crippen molar-refractivity contribution >= 4 is 43.5 Å². The molecule has 0 atom stereocenters. The normalized spacial score (nSPS) is 10.5. The summed E-state index contributed by atoms with van der Waals surface area (Å²) in [5.74, 6) is 0. The zero-order valence-corrected chi connectivity index (χ0v) is 10.7. The SMILES string of the molecule is Clc1ccc(Br)cc1-c1cc(Br)on1. The Hall–Kier alpha value is -0.320. The van der Waals surface area contributed by atoms with Gasteiger partial charge in [-0.1, -0.05) is 32.7 Å². The van der Waals surface area contributed by atoms with E-state index in [9.17, 15) is 0 Å². The van der Waals surface area contributed by atoms with Crippen LogP contribution >= 0.6 is 43.5 Å². The maximum atomic E-state index is 6.02. The second-order valence-electron chi connectivity index (χ2n) is 2.64. The van der Waals surface area contributed by atoms with Crippen molar-refractivity contribution in [3.8, 4) is 11.3 Å². The maximum Gasteiger partial charge on any atom is 0.202 e. The fourth-order valence-electron chi connectivity index (χ4n) is 1.07. The second kappa shape index (κ2) is 4.04. The molecule has 2 nitrogen and oxygen atoms in total. The van der Waals surface area contributed by atoms with Gasteiger partial charge in [0, 0.05) is 16.1 Å². The lowest BCUT2D eigenvalue weighted by molar-refractivity contribution is 0.402. The topological polar surface area (TPSA) is 26.0 Å². The van der Waals surface area contributed by atoms with E-state index >= 15 is 0 Å². The summed E-state index contributed by atoms with van der Waals surface area (Å²) in [6, 6.07) is 7.35. The van der Waals surface area contributed by atoms with Crippen molar-refractivity contribution in [1.29, 1.82) is 0 Å². The molecule has 0 saturated carbocycles. The van der Waals surface area contributed by atoms with E-state index < -0.39 is 0 Å². The van der Waals surface area contributed by atoms with Gasteiger partial charge in [0.25, 0.3) is 0 Å². The zero-order chi connectivity index (χ0) is 10.1. The zero-order valence-electron chi connectivity index (χ0n) is 6.80. The highest BCUT2D eigenvalue weighted by atomic mass is 79.9. The number of aromatic nitrogens is 1. The predicted octanol–water partition coefficient (Wildman–Crippen LogP) is 4.52. The molecule has 0 aliphatic heterocycles. The number of hydrogen-bond donors (Lipinski definition) is 0. The molecule has 0 aliphatic carbocycles. The van der Waals surface area contributed by atoms with Gasteiger partial charge in [0.15, 0.2) is 0 Å². The molecule has 5 heteroatoms. The first-order valence-electron chi connectivity index (χ1n) is 3.74. The Morgan fingerprint density at radius 2 is 2.00 bits per heavy atom. The van der Waals surface area contributed by atoms with Crippen LogP contribution in [-0.4, -0.2) is 5.16 Å². The predicted molar refractivity (Wildman–Crippen MR) is 62.3 cm³/mol. The van der Waals surface area contributed by atoms with E-state index in [1.165, 1.54) is 0 Å². The molecule has 0 N–H and O–H groups in total. The molecule has 0 aliphatic rings. The lowest BCUT2D eigenvalue weighted by atomic mass is 10.1. The Labute approximate surface area is 102 Å². The van der Waals surface area contributed by atoms with Crippen LogP contribution in [0.15, 0.2) is 37.9 Å². The van der Waals surface area contributed by atoms with Crippen LogP contribution in [0.4, 0.5) is 0 Å². The molecule has 0 amide bonds. The highest BCUT2D eigenvalue weighted by molar-refractivity contribution is 9.10. The smallest absolute Gasteiger partial charge is 0.202 e. The summed E-state index contributed by atoms with van der Waals surface area (Å²) < 4.78 is 6.45. The molecule has 1 aromatic carbocycles. The van der Waals surface area contributed by atoms with Crippen molar-refractivity contribution < 1.29 is 4.52 Å². The Morgan fingerprint density at radius 3 is 2.64 bits per heavy atom.